The highest BCUT2D eigenvalue weighted by Gasteiger charge is 2.25. The van der Waals surface area contributed by atoms with Crippen LogP contribution >= 0.6 is 0 Å². The molecule has 9 heteroatoms. The standard InChI is InChI=1S/C20H24N6O3/c1-27-20-16-10-15(2-3-17(16)21-13-22-20)26-7-5-25(6-8-26)11-18-23-24-19(29-18)14-4-9-28-12-14/h2-3,10,13-14H,4-9,11-12H2,1H3. The molecule has 5 rings (SSSR count). The number of aromatic nitrogens is 4. The van der Waals surface area contributed by atoms with Crippen LogP contribution in [0.2, 0.25) is 0 Å². The molecule has 3 aromatic rings. The maximum Gasteiger partial charge on any atom is 0.230 e. The van der Waals surface area contributed by atoms with Gasteiger partial charge in [0, 0.05) is 38.5 Å². The summed E-state index contributed by atoms with van der Waals surface area (Å²) >= 11 is 0. The summed E-state index contributed by atoms with van der Waals surface area (Å²) in [7, 11) is 1.63. The van der Waals surface area contributed by atoms with Crippen LogP contribution in [0.4, 0.5) is 5.69 Å². The van der Waals surface area contributed by atoms with Gasteiger partial charge in [-0.25, -0.2) is 9.97 Å². The number of benzene rings is 1. The molecule has 2 saturated heterocycles. The molecule has 152 valence electrons. The van der Waals surface area contributed by atoms with Gasteiger partial charge in [0.2, 0.25) is 17.7 Å². The third-order valence-corrected chi connectivity index (χ3v) is 5.63. The summed E-state index contributed by atoms with van der Waals surface area (Å²) in [6.07, 6.45) is 2.49. The molecule has 0 spiro atoms. The van der Waals surface area contributed by atoms with E-state index < -0.39 is 0 Å². The Hall–Kier alpha value is -2.78. The Kier molecular flexibility index (Phi) is 4.99. The fourth-order valence-electron chi connectivity index (χ4n) is 3.96. The smallest absolute Gasteiger partial charge is 0.230 e. The second-order valence-electron chi connectivity index (χ2n) is 7.44. The molecule has 0 aliphatic carbocycles. The quantitative estimate of drug-likeness (QED) is 0.641. The Balaban J connectivity index is 1.22. The first-order valence-corrected chi connectivity index (χ1v) is 9.96. The van der Waals surface area contributed by atoms with Crippen molar-refractivity contribution in [2.24, 2.45) is 0 Å². The van der Waals surface area contributed by atoms with Crippen molar-refractivity contribution in [1.29, 1.82) is 0 Å². The molecule has 0 bridgehead atoms. The lowest BCUT2D eigenvalue weighted by atomic mass is 10.1. The first kappa shape index (κ1) is 18.3. The number of rotatable bonds is 5. The van der Waals surface area contributed by atoms with Crippen molar-refractivity contribution in [1.82, 2.24) is 25.1 Å². The number of hydrogen-bond donors (Lipinski definition) is 0. The van der Waals surface area contributed by atoms with Crippen LogP contribution in [-0.4, -0.2) is 71.6 Å². The average Bonchev–Trinajstić information content (AvgIpc) is 3.45. The van der Waals surface area contributed by atoms with Crippen LogP contribution in [0.3, 0.4) is 0 Å². The van der Waals surface area contributed by atoms with Gasteiger partial charge in [0.25, 0.3) is 0 Å². The van der Waals surface area contributed by atoms with E-state index in [0.29, 0.717) is 30.8 Å². The van der Waals surface area contributed by atoms with Crippen LogP contribution in [0, 0.1) is 0 Å². The molecule has 29 heavy (non-hydrogen) atoms. The molecule has 0 N–H and O–H groups in total. The Labute approximate surface area is 168 Å². The molecule has 0 radical (unpaired) electrons. The third kappa shape index (κ3) is 3.75. The predicted octanol–water partition coefficient (Wildman–Crippen LogP) is 1.85. The molecule has 2 aliphatic rings. The summed E-state index contributed by atoms with van der Waals surface area (Å²) in [6.45, 7) is 5.88. The van der Waals surface area contributed by atoms with Gasteiger partial charge in [0.15, 0.2) is 0 Å². The van der Waals surface area contributed by atoms with E-state index in [-0.39, 0.29) is 5.92 Å². The molecule has 2 fully saturated rings. The van der Waals surface area contributed by atoms with Crippen molar-refractivity contribution < 1.29 is 13.9 Å². The van der Waals surface area contributed by atoms with Crippen molar-refractivity contribution in [3.8, 4) is 5.88 Å². The molecule has 0 amide bonds. The molecule has 1 unspecified atom stereocenters. The largest absolute Gasteiger partial charge is 0.480 e. The number of ether oxygens (including phenoxy) is 2. The summed E-state index contributed by atoms with van der Waals surface area (Å²) in [5.41, 5.74) is 2.05. The van der Waals surface area contributed by atoms with Crippen LogP contribution in [-0.2, 0) is 11.3 Å². The summed E-state index contributed by atoms with van der Waals surface area (Å²) in [6, 6.07) is 6.24. The minimum Gasteiger partial charge on any atom is -0.480 e. The van der Waals surface area contributed by atoms with Crippen molar-refractivity contribution in [2.45, 2.75) is 18.9 Å². The van der Waals surface area contributed by atoms with Crippen molar-refractivity contribution in [3.05, 3.63) is 36.3 Å². The molecule has 9 nitrogen and oxygen atoms in total. The lowest BCUT2D eigenvalue weighted by molar-refractivity contribution is 0.189. The highest BCUT2D eigenvalue weighted by atomic mass is 16.5. The number of piperazine rings is 1. The monoisotopic (exact) mass is 396 g/mol. The first-order chi connectivity index (χ1) is 14.3. The maximum atomic E-state index is 5.87. The molecule has 0 saturated carbocycles. The molecular formula is C20H24N6O3. The molecule has 1 aromatic carbocycles. The number of fused-ring (bicyclic) bond motifs is 1. The van der Waals surface area contributed by atoms with Crippen molar-refractivity contribution in [2.75, 3.05) is 51.4 Å². The van der Waals surface area contributed by atoms with Gasteiger partial charge in [0.05, 0.1) is 37.1 Å². The van der Waals surface area contributed by atoms with Crippen LogP contribution in [0.1, 0.15) is 24.1 Å². The first-order valence-electron chi connectivity index (χ1n) is 9.96. The lowest BCUT2D eigenvalue weighted by Gasteiger charge is -2.35. The second-order valence-corrected chi connectivity index (χ2v) is 7.44. The van der Waals surface area contributed by atoms with E-state index in [9.17, 15) is 0 Å². The minimum atomic E-state index is 0.252. The maximum absolute atomic E-state index is 5.87. The van der Waals surface area contributed by atoms with Gasteiger partial charge in [-0.15, -0.1) is 10.2 Å². The normalized spacial score (nSPS) is 20.4. The van der Waals surface area contributed by atoms with E-state index in [1.165, 1.54) is 6.33 Å². The van der Waals surface area contributed by atoms with Gasteiger partial charge in [-0.3, -0.25) is 4.90 Å². The Morgan fingerprint density at radius 1 is 1.14 bits per heavy atom. The SMILES string of the molecule is COc1ncnc2ccc(N3CCN(Cc4nnc(C5CCOC5)o4)CC3)cc12. The molecule has 1 atom stereocenters. The van der Waals surface area contributed by atoms with Crippen LogP contribution in [0.15, 0.2) is 28.9 Å². The highest BCUT2D eigenvalue weighted by Crippen LogP contribution is 2.27. The van der Waals surface area contributed by atoms with E-state index >= 15 is 0 Å². The summed E-state index contributed by atoms with van der Waals surface area (Å²) < 4.78 is 16.7. The average molecular weight is 396 g/mol. The molecule has 2 aliphatic heterocycles. The topological polar surface area (TPSA) is 89.6 Å². The van der Waals surface area contributed by atoms with Crippen LogP contribution < -0.4 is 9.64 Å². The van der Waals surface area contributed by atoms with Crippen molar-refractivity contribution >= 4 is 16.6 Å². The fourth-order valence-corrected chi connectivity index (χ4v) is 3.96. The molecular weight excluding hydrogens is 372 g/mol. The number of anilines is 1. The number of nitrogens with zero attached hydrogens (tertiary/aromatic N) is 6. The van der Waals surface area contributed by atoms with Gasteiger partial charge in [-0.05, 0) is 24.6 Å². The molecule has 4 heterocycles. The zero-order chi connectivity index (χ0) is 19.6. The number of methoxy groups -OCH3 is 1. The van der Waals surface area contributed by atoms with Gasteiger partial charge in [-0.2, -0.15) is 0 Å². The minimum absolute atomic E-state index is 0.252. The van der Waals surface area contributed by atoms with E-state index in [4.69, 9.17) is 13.9 Å². The Morgan fingerprint density at radius 3 is 2.83 bits per heavy atom. The zero-order valence-electron chi connectivity index (χ0n) is 16.5. The predicted molar refractivity (Wildman–Crippen MR) is 106 cm³/mol. The van der Waals surface area contributed by atoms with Crippen LogP contribution in [0.5, 0.6) is 5.88 Å². The second kappa shape index (κ2) is 7.92. The van der Waals surface area contributed by atoms with E-state index in [0.717, 1.165) is 55.8 Å². The lowest BCUT2D eigenvalue weighted by Crippen LogP contribution is -2.46. The van der Waals surface area contributed by atoms with Gasteiger partial charge < -0.3 is 18.8 Å². The Bertz CT molecular complexity index is 979. The third-order valence-electron chi connectivity index (χ3n) is 5.63. The van der Waals surface area contributed by atoms with E-state index in [1.54, 1.807) is 7.11 Å². The summed E-state index contributed by atoms with van der Waals surface area (Å²) in [5, 5.41) is 9.38. The summed E-state index contributed by atoms with van der Waals surface area (Å²) in [4.78, 5) is 13.2. The number of hydrogen-bond acceptors (Lipinski definition) is 9. The van der Waals surface area contributed by atoms with Gasteiger partial charge >= 0.3 is 0 Å². The summed E-state index contributed by atoms with van der Waals surface area (Å²) in [5.74, 6) is 2.26. The van der Waals surface area contributed by atoms with Crippen LogP contribution in [0.25, 0.3) is 10.9 Å². The Morgan fingerprint density at radius 2 is 2.03 bits per heavy atom. The van der Waals surface area contributed by atoms with E-state index in [2.05, 4.69) is 42.1 Å². The van der Waals surface area contributed by atoms with Crippen molar-refractivity contribution in [3.63, 3.8) is 0 Å². The fraction of sp³-hybridized carbons (Fsp3) is 0.500. The van der Waals surface area contributed by atoms with E-state index in [1.807, 2.05) is 6.07 Å². The highest BCUT2D eigenvalue weighted by molar-refractivity contribution is 5.86. The zero-order valence-corrected chi connectivity index (χ0v) is 16.5. The molecule has 2 aromatic heterocycles. The van der Waals surface area contributed by atoms with Gasteiger partial charge in [0.1, 0.15) is 6.33 Å². The van der Waals surface area contributed by atoms with Gasteiger partial charge in [-0.1, -0.05) is 0 Å².